The molecule has 2 aromatic heterocycles. The summed E-state index contributed by atoms with van der Waals surface area (Å²) in [5, 5.41) is 8.76. The van der Waals surface area contributed by atoms with Crippen molar-refractivity contribution >= 4 is 28.2 Å². The molecule has 0 atom stereocenters. The van der Waals surface area contributed by atoms with Gasteiger partial charge in [-0.2, -0.15) is 5.10 Å². The molecule has 0 aliphatic rings. The Bertz CT molecular complexity index is 910. The van der Waals surface area contributed by atoms with E-state index in [-0.39, 0.29) is 5.52 Å². The zero-order chi connectivity index (χ0) is 18.0. The molecule has 0 bridgehead atoms. The summed E-state index contributed by atoms with van der Waals surface area (Å²) >= 11 is 6.09. The van der Waals surface area contributed by atoms with E-state index in [2.05, 4.69) is 15.4 Å². The summed E-state index contributed by atoms with van der Waals surface area (Å²) < 4.78 is 21.7. The van der Waals surface area contributed by atoms with Gasteiger partial charge < -0.3 is 10.1 Å². The first-order chi connectivity index (χ1) is 12.0. The van der Waals surface area contributed by atoms with E-state index in [1.807, 2.05) is 18.5 Å². The van der Waals surface area contributed by atoms with E-state index >= 15 is 0 Å². The molecule has 0 aliphatic carbocycles. The quantitative estimate of drug-likeness (QED) is 0.717. The number of methoxy groups -OCH3 is 1. The van der Waals surface area contributed by atoms with Crippen molar-refractivity contribution < 1.29 is 9.13 Å². The lowest BCUT2D eigenvalue weighted by atomic mass is 10.1. The number of anilines is 1. The van der Waals surface area contributed by atoms with Gasteiger partial charge in [0.2, 0.25) is 0 Å². The maximum atomic E-state index is 14.7. The second-order valence-electron chi connectivity index (χ2n) is 5.83. The number of hydrogen-bond acceptors (Lipinski definition) is 4. The summed E-state index contributed by atoms with van der Waals surface area (Å²) in [4.78, 5) is 4.10. The molecule has 1 aromatic carbocycles. The average Bonchev–Trinajstić information content (AvgIpc) is 2.87. The van der Waals surface area contributed by atoms with Crippen LogP contribution in [-0.4, -0.2) is 28.5 Å². The molecule has 0 radical (unpaired) electrons. The molecule has 0 unspecified atom stereocenters. The third-order valence-corrected chi connectivity index (χ3v) is 4.62. The third kappa shape index (κ3) is 3.45. The van der Waals surface area contributed by atoms with Crippen LogP contribution in [0.25, 0.3) is 10.9 Å². The molecule has 0 spiro atoms. The topological polar surface area (TPSA) is 52.0 Å². The van der Waals surface area contributed by atoms with Gasteiger partial charge in [-0.3, -0.25) is 9.67 Å². The van der Waals surface area contributed by atoms with E-state index in [4.69, 9.17) is 16.3 Å². The normalized spacial score (nSPS) is 11.2. The summed E-state index contributed by atoms with van der Waals surface area (Å²) in [5.41, 5.74) is 3.68. The highest BCUT2D eigenvalue weighted by atomic mass is 35.5. The number of rotatable bonds is 6. The van der Waals surface area contributed by atoms with Crippen LogP contribution in [0.1, 0.15) is 17.0 Å². The number of hydrogen-bond donors (Lipinski definition) is 1. The van der Waals surface area contributed by atoms with E-state index in [0.29, 0.717) is 35.8 Å². The van der Waals surface area contributed by atoms with Crippen LogP contribution in [0, 0.1) is 19.7 Å². The Morgan fingerprint density at radius 3 is 2.84 bits per heavy atom. The third-order valence-electron chi connectivity index (χ3n) is 4.29. The number of benzene rings is 1. The zero-order valence-corrected chi connectivity index (χ0v) is 15.2. The van der Waals surface area contributed by atoms with Crippen LogP contribution < -0.4 is 5.32 Å². The minimum atomic E-state index is -0.401. The first-order valence-corrected chi connectivity index (χ1v) is 8.39. The van der Waals surface area contributed by atoms with Gasteiger partial charge in [0.05, 0.1) is 29.6 Å². The zero-order valence-electron chi connectivity index (χ0n) is 14.4. The second-order valence-corrected chi connectivity index (χ2v) is 6.24. The number of aromatic nitrogens is 3. The van der Waals surface area contributed by atoms with Gasteiger partial charge in [-0.05, 0) is 32.0 Å². The number of ether oxygens (including phenoxy) is 1. The van der Waals surface area contributed by atoms with Crippen molar-refractivity contribution in [1.82, 2.24) is 14.8 Å². The van der Waals surface area contributed by atoms with Crippen molar-refractivity contribution in [3.63, 3.8) is 0 Å². The van der Waals surface area contributed by atoms with E-state index in [1.54, 1.807) is 25.3 Å². The molecule has 0 saturated heterocycles. The highest BCUT2D eigenvalue weighted by Crippen LogP contribution is 2.28. The van der Waals surface area contributed by atoms with E-state index in [9.17, 15) is 4.39 Å². The Morgan fingerprint density at radius 2 is 2.08 bits per heavy atom. The Morgan fingerprint density at radius 1 is 1.28 bits per heavy atom. The van der Waals surface area contributed by atoms with Crippen molar-refractivity contribution in [2.45, 2.75) is 26.9 Å². The van der Waals surface area contributed by atoms with Crippen molar-refractivity contribution in [2.24, 2.45) is 0 Å². The van der Waals surface area contributed by atoms with Crippen molar-refractivity contribution in [1.29, 1.82) is 0 Å². The number of halogens is 2. The minimum absolute atomic E-state index is 0.265. The molecule has 25 heavy (non-hydrogen) atoms. The molecule has 0 amide bonds. The second kappa shape index (κ2) is 7.37. The van der Waals surface area contributed by atoms with Crippen LogP contribution in [0.2, 0.25) is 5.02 Å². The van der Waals surface area contributed by atoms with Gasteiger partial charge in [0, 0.05) is 36.5 Å². The molecular formula is C18H20ClFN4O. The number of nitrogens with zero attached hydrogens (tertiary/aromatic N) is 3. The minimum Gasteiger partial charge on any atom is -0.383 e. The first kappa shape index (κ1) is 17.6. The van der Waals surface area contributed by atoms with Crippen LogP contribution in [0.5, 0.6) is 0 Å². The molecule has 132 valence electrons. The van der Waals surface area contributed by atoms with Crippen LogP contribution in [0.15, 0.2) is 24.4 Å². The van der Waals surface area contributed by atoms with Crippen molar-refractivity contribution in [3.05, 3.63) is 52.2 Å². The van der Waals surface area contributed by atoms with Gasteiger partial charge in [0.1, 0.15) is 5.52 Å². The fourth-order valence-electron chi connectivity index (χ4n) is 2.86. The molecule has 0 fully saturated rings. The highest BCUT2D eigenvalue weighted by molar-refractivity contribution is 6.35. The average molecular weight is 363 g/mol. The fourth-order valence-corrected chi connectivity index (χ4v) is 3.06. The van der Waals surface area contributed by atoms with Gasteiger partial charge >= 0.3 is 0 Å². The lowest BCUT2D eigenvalue weighted by Gasteiger charge is -2.10. The predicted octanol–water partition coefficient (Wildman–Crippen LogP) is 4.10. The number of nitrogens with one attached hydrogen (secondary N) is 1. The summed E-state index contributed by atoms with van der Waals surface area (Å²) in [6.07, 6.45) is 1.51. The van der Waals surface area contributed by atoms with Gasteiger partial charge in [-0.25, -0.2) is 4.39 Å². The van der Waals surface area contributed by atoms with Crippen LogP contribution in [-0.2, 0) is 17.8 Å². The van der Waals surface area contributed by atoms with Crippen molar-refractivity contribution in [2.75, 3.05) is 19.0 Å². The molecule has 0 aliphatic heterocycles. The van der Waals surface area contributed by atoms with Crippen LogP contribution in [0.3, 0.4) is 0 Å². The number of aryl methyl sites for hydroxylation is 1. The fraction of sp³-hybridized carbons (Fsp3) is 0.333. The summed E-state index contributed by atoms with van der Waals surface area (Å²) in [7, 11) is 1.66. The lowest BCUT2D eigenvalue weighted by molar-refractivity contribution is 0.182. The summed E-state index contributed by atoms with van der Waals surface area (Å²) in [6, 6.07) is 5.11. The molecule has 0 saturated carbocycles. The SMILES string of the molecule is COCCn1nc(C)c(CNc2ccc3c(Cl)ccnc3c2F)c1C. The molecule has 5 nitrogen and oxygen atoms in total. The maximum absolute atomic E-state index is 14.7. The molecule has 3 aromatic rings. The molecule has 7 heteroatoms. The predicted molar refractivity (Wildman–Crippen MR) is 97.6 cm³/mol. The van der Waals surface area contributed by atoms with Gasteiger partial charge in [0.25, 0.3) is 0 Å². The monoisotopic (exact) mass is 362 g/mol. The van der Waals surface area contributed by atoms with Gasteiger partial charge in [0.15, 0.2) is 5.82 Å². The number of pyridine rings is 1. The summed E-state index contributed by atoms with van der Waals surface area (Å²) in [5.74, 6) is -0.401. The van der Waals surface area contributed by atoms with Gasteiger partial charge in [-0.15, -0.1) is 0 Å². The first-order valence-electron chi connectivity index (χ1n) is 8.01. The Hall–Kier alpha value is -2.18. The van der Waals surface area contributed by atoms with Crippen LogP contribution >= 0.6 is 11.6 Å². The van der Waals surface area contributed by atoms with Crippen LogP contribution in [0.4, 0.5) is 10.1 Å². The molecule has 3 rings (SSSR count). The largest absolute Gasteiger partial charge is 0.383 e. The molecule has 1 N–H and O–H groups in total. The van der Waals surface area contributed by atoms with E-state index < -0.39 is 5.82 Å². The molecule has 2 heterocycles. The van der Waals surface area contributed by atoms with E-state index in [0.717, 1.165) is 17.0 Å². The summed E-state index contributed by atoms with van der Waals surface area (Å²) in [6.45, 7) is 5.72. The number of fused-ring (bicyclic) bond motifs is 1. The smallest absolute Gasteiger partial charge is 0.172 e. The maximum Gasteiger partial charge on any atom is 0.172 e. The van der Waals surface area contributed by atoms with Crippen molar-refractivity contribution in [3.8, 4) is 0 Å². The standard InChI is InChI=1S/C18H20ClFN4O/c1-11-14(12(2)24(23-11)8-9-25-3)10-22-16-5-4-13-15(19)6-7-21-18(13)17(16)20/h4-7,22H,8-10H2,1-3H3. The Labute approximate surface area is 150 Å². The highest BCUT2D eigenvalue weighted by Gasteiger charge is 2.14. The lowest BCUT2D eigenvalue weighted by Crippen LogP contribution is -2.08. The van der Waals surface area contributed by atoms with Gasteiger partial charge in [-0.1, -0.05) is 11.6 Å². The van der Waals surface area contributed by atoms with E-state index in [1.165, 1.54) is 6.20 Å². The molecular weight excluding hydrogens is 343 g/mol. The Kier molecular flexibility index (Phi) is 5.20. The Balaban J connectivity index is 1.84.